The van der Waals surface area contributed by atoms with Crippen LogP contribution in [0.3, 0.4) is 0 Å². The quantitative estimate of drug-likeness (QED) is 0.169. The molecule has 0 atom stereocenters. The van der Waals surface area contributed by atoms with Gasteiger partial charge in [-0.3, -0.25) is 4.79 Å². The average molecular weight is 536 g/mol. The Morgan fingerprint density at radius 1 is 1.03 bits per heavy atom. The lowest BCUT2D eigenvalue weighted by molar-refractivity contribution is -0.118. The minimum absolute atomic E-state index is 0.174. The summed E-state index contributed by atoms with van der Waals surface area (Å²) in [6.07, 6.45) is 1.63. The van der Waals surface area contributed by atoms with Crippen molar-refractivity contribution in [2.45, 2.75) is 14.4 Å². The summed E-state index contributed by atoms with van der Waals surface area (Å²) in [4.78, 5) is 12.9. The number of halogens is 1. The third-order valence-corrected chi connectivity index (χ3v) is 8.72. The molecule has 152 valence electrons. The molecule has 0 aliphatic heterocycles. The first-order valence-corrected chi connectivity index (χ1v) is 13.2. The first-order valence-electron chi connectivity index (χ1n) is 8.80. The van der Waals surface area contributed by atoms with Crippen molar-refractivity contribution in [2.75, 3.05) is 5.75 Å². The second-order valence-corrected chi connectivity index (χ2v) is 11.9. The highest BCUT2D eigenvalue weighted by molar-refractivity contribution is 9.11. The first-order chi connectivity index (χ1) is 14.7. The van der Waals surface area contributed by atoms with Gasteiger partial charge in [-0.2, -0.15) is 5.10 Å². The number of thiophene rings is 1. The molecule has 2 heterocycles. The lowest BCUT2D eigenvalue weighted by atomic mass is 10.1. The van der Waals surface area contributed by atoms with Crippen LogP contribution in [0.5, 0.6) is 0 Å². The summed E-state index contributed by atoms with van der Waals surface area (Å²) >= 11 is 9.47. The number of nitrogens with one attached hydrogen (secondary N) is 1. The Morgan fingerprint density at radius 2 is 1.83 bits per heavy atom. The number of hydrogen-bond acceptors (Lipinski definition) is 8. The van der Waals surface area contributed by atoms with Crippen LogP contribution in [0.4, 0.5) is 0 Å². The third kappa shape index (κ3) is 5.92. The molecule has 0 saturated carbocycles. The predicted molar refractivity (Wildman–Crippen MR) is 132 cm³/mol. The number of thioether (sulfide) groups is 2. The molecule has 0 bridgehead atoms. The minimum Gasteiger partial charge on any atom is -0.272 e. The van der Waals surface area contributed by atoms with Gasteiger partial charge in [0.15, 0.2) is 8.68 Å². The number of rotatable bonds is 8. The summed E-state index contributed by atoms with van der Waals surface area (Å²) in [5.41, 5.74) is 3.81. The highest BCUT2D eigenvalue weighted by atomic mass is 79.9. The maximum Gasteiger partial charge on any atom is 0.250 e. The second kappa shape index (κ2) is 10.5. The highest BCUT2D eigenvalue weighted by Crippen LogP contribution is 2.32. The fourth-order valence-electron chi connectivity index (χ4n) is 2.60. The smallest absolute Gasteiger partial charge is 0.250 e. The van der Waals surface area contributed by atoms with Crippen molar-refractivity contribution >= 4 is 85.0 Å². The van der Waals surface area contributed by atoms with E-state index in [1.165, 1.54) is 39.4 Å². The number of fused-ring (bicyclic) bond motifs is 1. The summed E-state index contributed by atoms with van der Waals surface area (Å²) < 4.78 is 2.69. The maximum absolute atomic E-state index is 12.0. The molecule has 0 aliphatic rings. The summed E-state index contributed by atoms with van der Waals surface area (Å²) in [5.74, 6) is 0.898. The molecule has 2 aromatic heterocycles. The molecule has 30 heavy (non-hydrogen) atoms. The van der Waals surface area contributed by atoms with Gasteiger partial charge in [0.1, 0.15) is 0 Å². The summed E-state index contributed by atoms with van der Waals surface area (Å²) in [6, 6.07) is 18.6. The Bertz CT molecular complexity index is 1180. The molecule has 0 spiro atoms. The number of carbonyl (C=O) groups excluding carboxylic acids is 1. The number of carbonyl (C=O) groups is 1. The van der Waals surface area contributed by atoms with Crippen LogP contribution in [0.25, 0.3) is 10.8 Å². The van der Waals surface area contributed by atoms with Gasteiger partial charge >= 0.3 is 0 Å². The number of aromatic nitrogens is 2. The van der Waals surface area contributed by atoms with Gasteiger partial charge in [-0.25, -0.2) is 5.43 Å². The molecule has 0 aliphatic carbocycles. The lowest BCUT2D eigenvalue weighted by Gasteiger charge is -2.04. The molecule has 1 amide bonds. The fraction of sp³-hybridized carbons (Fsp3) is 0.100. The van der Waals surface area contributed by atoms with Crippen LogP contribution >= 0.6 is 62.1 Å². The summed E-state index contributed by atoms with van der Waals surface area (Å²) in [6.45, 7) is 0. The third-order valence-electron chi connectivity index (χ3n) is 3.92. The van der Waals surface area contributed by atoms with Gasteiger partial charge in [0.25, 0.3) is 5.91 Å². The fourth-order valence-corrected chi connectivity index (χ4v) is 6.71. The van der Waals surface area contributed by atoms with Gasteiger partial charge in [-0.1, -0.05) is 77.3 Å². The highest BCUT2D eigenvalue weighted by Gasteiger charge is 2.09. The van der Waals surface area contributed by atoms with Gasteiger partial charge in [0, 0.05) is 10.6 Å². The van der Waals surface area contributed by atoms with Crippen molar-refractivity contribution in [1.29, 1.82) is 0 Å². The lowest BCUT2D eigenvalue weighted by Crippen LogP contribution is -2.19. The number of nitrogens with zero attached hydrogens (tertiary/aromatic N) is 3. The van der Waals surface area contributed by atoms with E-state index < -0.39 is 0 Å². The number of hydrazone groups is 1. The van der Waals surface area contributed by atoms with E-state index >= 15 is 0 Å². The van der Waals surface area contributed by atoms with Gasteiger partial charge in [0.2, 0.25) is 0 Å². The van der Waals surface area contributed by atoms with E-state index in [2.05, 4.69) is 79.1 Å². The minimum atomic E-state index is -0.174. The van der Waals surface area contributed by atoms with Crippen molar-refractivity contribution in [1.82, 2.24) is 15.6 Å². The van der Waals surface area contributed by atoms with E-state index in [1.54, 1.807) is 29.3 Å². The maximum atomic E-state index is 12.0. The molecule has 4 rings (SSSR count). The van der Waals surface area contributed by atoms with E-state index in [0.717, 1.165) is 23.1 Å². The molecular weight excluding hydrogens is 520 g/mol. The zero-order chi connectivity index (χ0) is 20.8. The Hall–Kier alpha value is -1.72. The molecule has 0 fully saturated rings. The topological polar surface area (TPSA) is 67.2 Å². The van der Waals surface area contributed by atoms with E-state index in [-0.39, 0.29) is 11.7 Å². The van der Waals surface area contributed by atoms with Crippen molar-refractivity contribution in [2.24, 2.45) is 5.10 Å². The Morgan fingerprint density at radius 3 is 2.67 bits per heavy atom. The predicted octanol–water partition coefficient (Wildman–Crippen LogP) is 6.05. The molecule has 0 unspecified atom stereocenters. The molecule has 10 heteroatoms. The standard InChI is InChI=1S/C20H15BrN4OS4/c21-17-9-8-15(29-17)10-22-23-18(26)12-28-20-25-24-19(30-20)27-11-14-6-3-5-13-4-1-2-7-16(13)14/h1-10H,11-12H2,(H,23,26)/b22-10+. The Balaban J connectivity index is 1.26. The second-order valence-electron chi connectivity index (χ2n) is 5.98. The molecule has 0 radical (unpaired) electrons. The van der Waals surface area contributed by atoms with Crippen molar-refractivity contribution < 1.29 is 4.79 Å². The Labute approximate surface area is 198 Å². The zero-order valence-corrected chi connectivity index (χ0v) is 20.3. The van der Waals surface area contributed by atoms with Crippen molar-refractivity contribution in [3.8, 4) is 0 Å². The summed E-state index contributed by atoms with van der Waals surface area (Å²) in [7, 11) is 0. The van der Waals surface area contributed by atoms with Crippen LogP contribution in [0.15, 0.2) is 72.2 Å². The average Bonchev–Trinajstić information content (AvgIpc) is 3.39. The number of amides is 1. The molecule has 0 saturated heterocycles. The van der Waals surface area contributed by atoms with Crippen molar-refractivity contribution in [3.05, 3.63) is 68.8 Å². The largest absolute Gasteiger partial charge is 0.272 e. The zero-order valence-electron chi connectivity index (χ0n) is 15.4. The van der Waals surface area contributed by atoms with Crippen LogP contribution in [0, 0.1) is 0 Å². The van der Waals surface area contributed by atoms with E-state index in [9.17, 15) is 4.79 Å². The van der Waals surface area contributed by atoms with Crippen molar-refractivity contribution in [3.63, 3.8) is 0 Å². The molecule has 5 nitrogen and oxygen atoms in total. The monoisotopic (exact) mass is 534 g/mol. The SMILES string of the molecule is O=C(CSc1nnc(SCc2cccc3ccccc23)s1)N/N=C/c1ccc(Br)s1. The molecular formula is C20H15BrN4OS4. The number of benzene rings is 2. The van der Waals surface area contributed by atoms with E-state index in [0.29, 0.717) is 0 Å². The van der Waals surface area contributed by atoms with Crippen LogP contribution in [-0.4, -0.2) is 28.1 Å². The molecule has 4 aromatic rings. The van der Waals surface area contributed by atoms with Gasteiger partial charge in [-0.05, 0) is 44.4 Å². The summed E-state index contributed by atoms with van der Waals surface area (Å²) in [5, 5.41) is 14.9. The van der Waals surface area contributed by atoms with Crippen LogP contribution in [-0.2, 0) is 10.5 Å². The van der Waals surface area contributed by atoms with Gasteiger partial charge in [-0.15, -0.1) is 21.5 Å². The molecule has 1 N–H and O–H groups in total. The molecule has 2 aromatic carbocycles. The Kier molecular flexibility index (Phi) is 7.56. The first kappa shape index (κ1) is 21.5. The normalized spacial score (nSPS) is 11.4. The van der Waals surface area contributed by atoms with Crippen LogP contribution in [0.1, 0.15) is 10.4 Å². The van der Waals surface area contributed by atoms with Gasteiger partial charge < -0.3 is 0 Å². The van der Waals surface area contributed by atoms with Crippen LogP contribution in [0.2, 0.25) is 0 Å². The van der Waals surface area contributed by atoms with Crippen LogP contribution < -0.4 is 5.43 Å². The number of hydrogen-bond donors (Lipinski definition) is 1. The van der Waals surface area contributed by atoms with E-state index in [1.807, 2.05) is 12.1 Å². The van der Waals surface area contributed by atoms with Gasteiger partial charge in [0.05, 0.1) is 15.8 Å². The van der Waals surface area contributed by atoms with E-state index in [4.69, 9.17) is 0 Å².